The van der Waals surface area contributed by atoms with Crippen LogP contribution in [0.15, 0.2) is 47.6 Å². The summed E-state index contributed by atoms with van der Waals surface area (Å²) in [5.74, 6) is 6.90. The molecule has 2 aromatic carbocycles. The molecule has 7 nitrogen and oxygen atoms in total. The summed E-state index contributed by atoms with van der Waals surface area (Å²) in [6.45, 7) is 6.16. The quantitative estimate of drug-likeness (QED) is 0.418. The van der Waals surface area contributed by atoms with Crippen molar-refractivity contribution in [3.63, 3.8) is 0 Å². The van der Waals surface area contributed by atoms with Crippen molar-refractivity contribution < 1.29 is 4.79 Å². The van der Waals surface area contributed by atoms with Gasteiger partial charge in [0.2, 0.25) is 11.1 Å². The van der Waals surface area contributed by atoms with Gasteiger partial charge in [0.25, 0.3) is 0 Å². The van der Waals surface area contributed by atoms with Gasteiger partial charge in [0.1, 0.15) is 0 Å². The molecule has 4 rings (SSSR count). The van der Waals surface area contributed by atoms with Crippen LogP contribution in [0.1, 0.15) is 11.1 Å². The fraction of sp³-hybridized carbons (Fsp3) is 0.318. The third kappa shape index (κ3) is 5.38. The number of hydrogen-bond acceptors (Lipinski definition) is 6. The number of nitrogen functional groups attached to an aromatic ring is 1. The molecule has 3 aromatic rings. The molecule has 32 heavy (non-hydrogen) atoms. The van der Waals surface area contributed by atoms with Gasteiger partial charge in [-0.05, 0) is 30.7 Å². The van der Waals surface area contributed by atoms with Crippen LogP contribution in [0.5, 0.6) is 0 Å². The lowest BCUT2D eigenvalue weighted by Gasteiger charge is -2.34. The van der Waals surface area contributed by atoms with Gasteiger partial charge in [-0.3, -0.25) is 9.69 Å². The van der Waals surface area contributed by atoms with Crippen LogP contribution in [0.4, 0.5) is 0 Å². The van der Waals surface area contributed by atoms with E-state index < -0.39 is 0 Å². The molecule has 1 fully saturated rings. The third-order valence-corrected chi connectivity index (χ3v) is 6.85. The molecule has 0 saturated carbocycles. The lowest BCUT2D eigenvalue weighted by atomic mass is 10.1. The molecule has 1 saturated heterocycles. The number of thioether (sulfide) groups is 1. The number of piperazine rings is 1. The van der Waals surface area contributed by atoms with Gasteiger partial charge in [0.05, 0.1) is 10.8 Å². The number of nitrogens with two attached hydrogens (primary N) is 1. The van der Waals surface area contributed by atoms with Gasteiger partial charge in [-0.25, -0.2) is 4.68 Å². The number of amides is 1. The Morgan fingerprint density at radius 2 is 1.88 bits per heavy atom. The van der Waals surface area contributed by atoms with E-state index in [2.05, 4.69) is 46.3 Å². The lowest BCUT2D eigenvalue weighted by Crippen LogP contribution is -2.48. The van der Waals surface area contributed by atoms with Crippen LogP contribution in [0.2, 0.25) is 10.0 Å². The number of carbonyl (C=O) groups excluding carboxylic acids is 1. The number of aromatic nitrogens is 3. The Hall–Kier alpha value is -2.26. The molecule has 1 aliphatic heterocycles. The summed E-state index contributed by atoms with van der Waals surface area (Å²) in [5.41, 5.74) is 3.20. The molecule has 0 spiro atoms. The number of halogens is 2. The smallest absolute Gasteiger partial charge is 0.233 e. The predicted molar refractivity (Wildman–Crippen MR) is 129 cm³/mol. The van der Waals surface area contributed by atoms with Gasteiger partial charge in [0.15, 0.2) is 5.82 Å². The topological polar surface area (TPSA) is 80.3 Å². The van der Waals surface area contributed by atoms with Gasteiger partial charge in [-0.15, -0.1) is 10.2 Å². The van der Waals surface area contributed by atoms with Crippen LogP contribution in [0.3, 0.4) is 0 Å². The second kappa shape index (κ2) is 10.1. The first-order valence-corrected chi connectivity index (χ1v) is 12.0. The van der Waals surface area contributed by atoms with E-state index in [1.807, 2.05) is 4.90 Å². The second-order valence-corrected chi connectivity index (χ2v) is 9.52. The van der Waals surface area contributed by atoms with Crippen LogP contribution in [0, 0.1) is 6.92 Å². The van der Waals surface area contributed by atoms with Gasteiger partial charge in [-0.1, -0.05) is 64.8 Å². The highest BCUT2D eigenvalue weighted by Gasteiger charge is 2.22. The summed E-state index contributed by atoms with van der Waals surface area (Å²) >= 11 is 13.5. The second-order valence-electron chi connectivity index (χ2n) is 7.74. The van der Waals surface area contributed by atoms with E-state index in [1.165, 1.54) is 27.6 Å². The summed E-state index contributed by atoms with van der Waals surface area (Å²) in [7, 11) is 0. The zero-order chi connectivity index (χ0) is 22.7. The van der Waals surface area contributed by atoms with Crippen LogP contribution in [-0.2, 0) is 11.3 Å². The van der Waals surface area contributed by atoms with Gasteiger partial charge >= 0.3 is 0 Å². The first-order valence-electron chi connectivity index (χ1n) is 10.2. The number of hydrogen-bond donors (Lipinski definition) is 1. The molecule has 1 amide bonds. The molecule has 168 valence electrons. The lowest BCUT2D eigenvalue weighted by molar-refractivity contribution is -0.130. The van der Waals surface area contributed by atoms with Crippen molar-refractivity contribution in [3.05, 3.63) is 63.6 Å². The molecule has 10 heteroatoms. The predicted octanol–water partition coefficient (Wildman–Crippen LogP) is 3.71. The van der Waals surface area contributed by atoms with Crippen LogP contribution >= 0.6 is 35.0 Å². The van der Waals surface area contributed by atoms with Gasteiger partial charge in [-0.2, -0.15) is 0 Å². The largest absolute Gasteiger partial charge is 0.339 e. The number of rotatable bonds is 6. The molecular formula is C22H24Cl2N6OS. The highest BCUT2D eigenvalue weighted by molar-refractivity contribution is 7.99. The average molecular weight is 491 g/mol. The van der Waals surface area contributed by atoms with Crippen molar-refractivity contribution in [1.82, 2.24) is 24.7 Å². The summed E-state index contributed by atoms with van der Waals surface area (Å²) in [4.78, 5) is 17.0. The SMILES string of the molecule is Cc1cccc(CN2CCN(C(=O)CSc3nnc(-c4ccc(Cl)cc4Cl)n3N)CC2)c1. The first-order chi connectivity index (χ1) is 15.4. The van der Waals surface area contributed by atoms with Crippen LogP contribution < -0.4 is 5.84 Å². The molecule has 1 aliphatic rings. The average Bonchev–Trinajstić information content (AvgIpc) is 3.13. The Kier molecular flexibility index (Phi) is 7.25. The fourth-order valence-electron chi connectivity index (χ4n) is 3.67. The molecule has 0 aliphatic carbocycles. The van der Waals surface area contributed by atoms with Crippen molar-refractivity contribution >= 4 is 40.9 Å². The Balaban J connectivity index is 1.30. The van der Waals surface area contributed by atoms with Crippen molar-refractivity contribution in [1.29, 1.82) is 0 Å². The van der Waals surface area contributed by atoms with E-state index in [0.717, 1.165) is 19.6 Å². The van der Waals surface area contributed by atoms with Crippen molar-refractivity contribution in [3.8, 4) is 11.4 Å². The fourth-order valence-corrected chi connectivity index (χ4v) is 4.92. The molecule has 0 radical (unpaired) electrons. The standard InChI is InChI=1S/C22H24Cl2N6OS/c1-15-3-2-4-16(11-15)13-28-7-9-29(10-8-28)20(31)14-32-22-27-26-21(30(22)25)18-6-5-17(23)12-19(18)24/h2-6,11-12H,7-10,13-14,25H2,1H3. The Bertz CT molecular complexity index is 1110. The minimum absolute atomic E-state index is 0.0688. The Morgan fingerprint density at radius 1 is 1.09 bits per heavy atom. The maximum Gasteiger partial charge on any atom is 0.233 e. The normalized spacial score (nSPS) is 14.7. The van der Waals surface area contributed by atoms with E-state index in [9.17, 15) is 4.79 Å². The Labute approximate surface area is 201 Å². The number of nitrogens with zero attached hydrogens (tertiary/aromatic N) is 5. The molecule has 2 heterocycles. The van der Waals surface area contributed by atoms with Crippen molar-refractivity contribution in [2.24, 2.45) is 0 Å². The van der Waals surface area contributed by atoms with Crippen LogP contribution in [-0.4, -0.2) is 62.5 Å². The highest BCUT2D eigenvalue weighted by Crippen LogP contribution is 2.30. The summed E-state index contributed by atoms with van der Waals surface area (Å²) in [6.07, 6.45) is 0. The zero-order valence-corrected chi connectivity index (χ0v) is 20.0. The van der Waals surface area contributed by atoms with Crippen molar-refractivity contribution in [2.75, 3.05) is 37.8 Å². The summed E-state index contributed by atoms with van der Waals surface area (Å²) in [5, 5.41) is 9.67. The minimum atomic E-state index is 0.0688. The molecule has 0 atom stereocenters. The number of aryl methyl sites for hydroxylation is 1. The Morgan fingerprint density at radius 3 is 2.59 bits per heavy atom. The van der Waals surface area contributed by atoms with E-state index >= 15 is 0 Å². The molecule has 1 aromatic heterocycles. The van der Waals surface area contributed by atoms with Crippen molar-refractivity contribution in [2.45, 2.75) is 18.6 Å². The van der Waals surface area contributed by atoms with E-state index in [0.29, 0.717) is 39.7 Å². The molecule has 0 unspecified atom stereocenters. The molecule has 0 bridgehead atoms. The van der Waals surface area contributed by atoms with Gasteiger partial charge in [0, 0.05) is 43.3 Å². The third-order valence-electron chi connectivity index (χ3n) is 5.37. The first kappa shape index (κ1) is 22.9. The maximum absolute atomic E-state index is 12.7. The summed E-state index contributed by atoms with van der Waals surface area (Å²) in [6, 6.07) is 13.6. The van der Waals surface area contributed by atoms with Crippen LogP contribution in [0.25, 0.3) is 11.4 Å². The highest BCUT2D eigenvalue weighted by atomic mass is 35.5. The minimum Gasteiger partial charge on any atom is -0.339 e. The number of carbonyl (C=O) groups is 1. The molecule has 2 N–H and O–H groups in total. The van der Waals surface area contributed by atoms with E-state index in [1.54, 1.807) is 18.2 Å². The van der Waals surface area contributed by atoms with E-state index in [4.69, 9.17) is 29.0 Å². The zero-order valence-electron chi connectivity index (χ0n) is 17.7. The van der Waals surface area contributed by atoms with E-state index in [-0.39, 0.29) is 11.7 Å². The van der Waals surface area contributed by atoms with Gasteiger partial charge < -0.3 is 10.7 Å². The monoisotopic (exact) mass is 490 g/mol. The summed E-state index contributed by atoms with van der Waals surface area (Å²) < 4.78 is 1.35. The maximum atomic E-state index is 12.7. The molecular weight excluding hydrogens is 467 g/mol. The number of benzene rings is 2.